The van der Waals surface area contributed by atoms with Gasteiger partial charge in [-0.2, -0.15) is 0 Å². The molecule has 3 heteroatoms. The summed E-state index contributed by atoms with van der Waals surface area (Å²) < 4.78 is 5.24. The lowest BCUT2D eigenvalue weighted by Crippen LogP contribution is -2.34. The Kier molecular flexibility index (Phi) is 5.87. The quantitative estimate of drug-likeness (QED) is 0.784. The molecule has 3 nitrogen and oxygen atoms in total. The molecule has 0 aliphatic carbocycles. The zero-order chi connectivity index (χ0) is 14.4. The Morgan fingerprint density at radius 2 is 2.00 bits per heavy atom. The van der Waals surface area contributed by atoms with Crippen LogP contribution < -0.4 is 4.74 Å². The number of ether oxygens (including phenoxy) is 1. The van der Waals surface area contributed by atoms with E-state index in [0.717, 1.165) is 17.9 Å². The van der Waals surface area contributed by atoms with Crippen LogP contribution in [0.15, 0.2) is 24.3 Å². The fourth-order valence-corrected chi connectivity index (χ4v) is 2.21. The van der Waals surface area contributed by atoms with E-state index in [1.165, 1.54) is 0 Å². The number of benzene rings is 1. The van der Waals surface area contributed by atoms with Gasteiger partial charge >= 0.3 is 0 Å². The van der Waals surface area contributed by atoms with E-state index in [9.17, 15) is 4.79 Å². The molecule has 0 saturated heterocycles. The maximum Gasteiger partial charge on any atom is 0.223 e. The van der Waals surface area contributed by atoms with Crippen molar-refractivity contribution in [1.82, 2.24) is 4.90 Å². The van der Waals surface area contributed by atoms with Gasteiger partial charge in [-0.3, -0.25) is 4.79 Å². The summed E-state index contributed by atoms with van der Waals surface area (Å²) in [5.41, 5.74) is 1.11. The third-order valence-corrected chi connectivity index (χ3v) is 3.29. The van der Waals surface area contributed by atoms with E-state index in [1.54, 1.807) is 7.11 Å². The monoisotopic (exact) mass is 263 g/mol. The van der Waals surface area contributed by atoms with Crippen molar-refractivity contribution in [2.75, 3.05) is 13.7 Å². The van der Waals surface area contributed by atoms with Crippen LogP contribution in [0.2, 0.25) is 0 Å². The highest BCUT2D eigenvalue weighted by Crippen LogP contribution is 2.24. The van der Waals surface area contributed by atoms with Crippen molar-refractivity contribution in [2.24, 2.45) is 5.92 Å². The maximum absolute atomic E-state index is 12.2. The van der Waals surface area contributed by atoms with Gasteiger partial charge in [-0.25, -0.2) is 0 Å². The average molecular weight is 263 g/mol. The molecule has 0 aliphatic heterocycles. The number of hydrogen-bond acceptors (Lipinski definition) is 2. The van der Waals surface area contributed by atoms with Crippen molar-refractivity contribution in [3.05, 3.63) is 29.8 Å². The summed E-state index contributed by atoms with van der Waals surface area (Å²) in [6.07, 6.45) is 0.599. The Balaban J connectivity index is 2.88. The number of carbonyl (C=O) groups excluding carboxylic acids is 1. The standard InChI is InChI=1S/C16H25NO2/c1-6-17(16(18)10-12(2)3)13(4)14-8-7-9-15(11-14)19-5/h7-9,11-13H,6,10H2,1-5H3. The minimum atomic E-state index is 0.0753. The molecule has 1 amide bonds. The van der Waals surface area contributed by atoms with Crippen LogP contribution in [0.5, 0.6) is 5.75 Å². The minimum absolute atomic E-state index is 0.0753. The fourth-order valence-electron chi connectivity index (χ4n) is 2.21. The lowest BCUT2D eigenvalue weighted by Gasteiger charge is -2.29. The molecule has 0 aliphatic rings. The molecule has 0 N–H and O–H groups in total. The van der Waals surface area contributed by atoms with Crippen molar-refractivity contribution >= 4 is 5.91 Å². The highest BCUT2D eigenvalue weighted by molar-refractivity contribution is 5.76. The van der Waals surface area contributed by atoms with Crippen LogP contribution in [0.4, 0.5) is 0 Å². The largest absolute Gasteiger partial charge is 0.497 e. The molecule has 19 heavy (non-hydrogen) atoms. The van der Waals surface area contributed by atoms with Crippen LogP contribution in [0.1, 0.15) is 45.7 Å². The zero-order valence-corrected chi connectivity index (χ0v) is 12.6. The molecular formula is C16H25NO2. The van der Waals surface area contributed by atoms with Gasteiger partial charge in [-0.15, -0.1) is 0 Å². The summed E-state index contributed by atoms with van der Waals surface area (Å²) >= 11 is 0. The third kappa shape index (κ3) is 4.27. The summed E-state index contributed by atoms with van der Waals surface area (Å²) in [6.45, 7) is 8.96. The molecule has 0 fully saturated rings. The molecule has 0 saturated carbocycles. The van der Waals surface area contributed by atoms with Crippen LogP contribution in [0, 0.1) is 5.92 Å². The number of amides is 1. The lowest BCUT2D eigenvalue weighted by molar-refractivity contribution is -0.133. The zero-order valence-electron chi connectivity index (χ0n) is 12.6. The number of hydrogen-bond donors (Lipinski definition) is 0. The number of nitrogens with zero attached hydrogens (tertiary/aromatic N) is 1. The van der Waals surface area contributed by atoms with Crippen molar-refractivity contribution in [3.8, 4) is 5.75 Å². The van der Waals surface area contributed by atoms with Crippen molar-refractivity contribution < 1.29 is 9.53 Å². The Hall–Kier alpha value is -1.51. The first-order chi connectivity index (χ1) is 8.99. The van der Waals surface area contributed by atoms with Crippen molar-refractivity contribution in [2.45, 2.75) is 40.2 Å². The molecule has 0 bridgehead atoms. The second-order valence-electron chi connectivity index (χ2n) is 5.23. The smallest absolute Gasteiger partial charge is 0.223 e. The Morgan fingerprint density at radius 1 is 1.32 bits per heavy atom. The normalized spacial score (nSPS) is 12.3. The molecule has 0 heterocycles. The van der Waals surface area contributed by atoms with E-state index in [-0.39, 0.29) is 11.9 Å². The lowest BCUT2D eigenvalue weighted by atomic mass is 10.0. The summed E-state index contributed by atoms with van der Waals surface area (Å²) in [5.74, 6) is 1.43. The molecule has 1 aromatic carbocycles. The summed E-state index contributed by atoms with van der Waals surface area (Å²) in [7, 11) is 1.66. The average Bonchev–Trinajstić information content (AvgIpc) is 2.38. The van der Waals surface area contributed by atoms with E-state index in [2.05, 4.69) is 20.8 Å². The van der Waals surface area contributed by atoms with Crippen molar-refractivity contribution in [1.29, 1.82) is 0 Å². The third-order valence-electron chi connectivity index (χ3n) is 3.29. The predicted molar refractivity (Wildman–Crippen MR) is 78.3 cm³/mol. The summed E-state index contributed by atoms with van der Waals surface area (Å²) in [5, 5.41) is 0. The second-order valence-corrected chi connectivity index (χ2v) is 5.23. The topological polar surface area (TPSA) is 29.5 Å². The SMILES string of the molecule is CCN(C(=O)CC(C)C)C(C)c1cccc(OC)c1. The highest BCUT2D eigenvalue weighted by atomic mass is 16.5. The van der Waals surface area contributed by atoms with E-state index in [0.29, 0.717) is 12.3 Å². The molecule has 0 aromatic heterocycles. The molecule has 1 rings (SSSR count). The maximum atomic E-state index is 12.2. The molecule has 1 atom stereocenters. The van der Waals surface area contributed by atoms with Gasteiger partial charge in [-0.1, -0.05) is 26.0 Å². The van der Waals surface area contributed by atoms with Crippen LogP contribution >= 0.6 is 0 Å². The van der Waals surface area contributed by atoms with E-state index in [4.69, 9.17) is 4.74 Å². The van der Waals surface area contributed by atoms with Crippen molar-refractivity contribution in [3.63, 3.8) is 0 Å². The van der Waals surface area contributed by atoms with Gasteiger partial charge in [0, 0.05) is 13.0 Å². The second kappa shape index (κ2) is 7.17. The Bertz CT molecular complexity index is 415. The molecule has 0 spiro atoms. The van der Waals surface area contributed by atoms with Gasteiger partial charge in [0.25, 0.3) is 0 Å². The van der Waals surface area contributed by atoms with Gasteiger partial charge in [0.1, 0.15) is 5.75 Å². The van der Waals surface area contributed by atoms with Crippen LogP contribution in [0.3, 0.4) is 0 Å². The molecule has 0 radical (unpaired) electrons. The van der Waals surface area contributed by atoms with Gasteiger partial charge in [0.15, 0.2) is 0 Å². The summed E-state index contributed by atoms with van der Waals surface area (Å²) in [6, 6.07) is 7.99. The predicted octanol–water partition coefficient (Wildman–Crippen LogP) is 3.65. The van der Waals surface area contributed by atoms with Crippen LogP contribution in [-0.2, 0) is 4.79 Å². The molecule has 106 valence electrons. The Labute approximate surface area is 116 Å². The van der Waals surface area contributed by atoms with E-state index < -0.39 is 0 Å². The van der Waals surface area contributed by atoms with E-state index in [1.807, 2.05) is 36.1 Å². The summed E-state index contributed by atoms with van der Waals surface area (Å²) in [4.78, 5) is 14.2. The van der Waals surface area contributed by atoms with Gasteiger partial charge in [0.05, 0.1) is 13.2 Å². The number of carbonyl (C=O) groups is 1. The highest BCUT2D eigenvalue weighted by Gasteiger charge is 2.20. The molecule has 1 unspecified atom stereocenters. The first kappa shape index (κ1) is 15.5. The number of rotatable bonds is 6. The number of methoxy groups -OCH3 is 1. The van der Waals surface area contributed by atoms with Gasteiger partial charge in [0.2, 0.25) is 5.91 Å². The molecule has 1 aromatic rings. The first-order valence-electron chi connectivity index (χ1n) is 6.93. The van der Waals surface area contributed by atoms with E-state index >= 15 is 0 Å². The minimum Gasteiger partial charge on any atom is -0.497 e. The Morgan fingerprint density at radius 3 is 2.53 bits per heavy atom. The fraction of sp³-hybridized carbons (Fsp3) is 0.562. The van der Waals surface area contributed by atoms with Gasteiger partial charge in [-0.05, 0) is 37.5 Å². The molecular weight excluding hydrogens is 238 g/mol. The van der Waals surface area contributed by atoms with Crippen LogP contribution in [-0.4, -0.2) is 24.5 Å². The first-order valence-corrected chi connectivity index (χ1v) is 6.93. The van der Waals surface area contributed by atoms with Gasteiger partial charge < -0.3 is 9.64 Å². The van der Waals surface area contributed by atoms with Crippen LogP contribution in [0.25, 0.3) is 0 Å².